The summed E-state index contributed by atoms with van der Waals surface area (Å²) in [4.78, 5) is 12.3. The molecule has 0 spiro atoms. The van der Waals surface area contributed by atoms with Gasteiger partial charge in [0.25, 0.3) is 0 Å². The molecule has 0 aromatic heterocycles. The predicted octanol–water partition coefficient (Wildman–Crippen LogP) is 4.84. The lowest BCUT2D eigenvalue weighted by molar-refractivity contribution is 0.0602. The maximum absolute atomic E-state index is 12.3. The van der Waals surface area contributed by atoms with E-state index in [-0.39, 0.29) is 16.5 Å². The molecule has 7 heteroatoms. The molecule has 1 N–H and O–H groups in total. The van der Waals surface area contributed by atoms with Crippen LogP contribution in [0.5, 0.6) is 11.5 Å². The molecule has 0 bridgehead atoms. The van der Waals surface area contributed by atoms with Crippen molar-refractivity contribution in [2.24, 2.45) is 0 Å². The highest BCUT2D eigenvalue weighted by Crippen LogP contribution is 2.33. The third kappa shape index (κ3) is 4.46. The topological polar surface area (TPSA) is 81.7 Å². The first kappa shape index (κ1) is 20.0. The van der Waals surface area contributed by atoms with E-state index in [1.807, 2.05) is 54.6 Å². The van der Waals surface area contributed by atoms with Crippen LogP contribution in [0.25, 0.3) is 11.1 Å². The minimum Gasteiger partial charge on any atom is -0.465 e. The van der Waals surface area contributed by atoms with Crippen molar-refractivity contribution in [1.29, 1.82) is 0 Å². The van der Waals surface area contributed by atoms with Gasteiger partial charge in [-0.1, -0.05) is 36.4 Å². The van der Waals surface area contributed by atoms with E-state index in [4.69, 9.17) is 9.47 Å². The van der Waals surface area contributed by atoms with Gasteiger partial charge >= 0.3 is 5.97 Å². The molecule has 1 fully saturated rings. The van der Waals surface area contributed by atoms with E-state index in [9.17, 15) is 13.2 Å². The number of benzene rings is 3. The Morgan fingerprint density at radius 3 is 2.17 bits per heavy atom. The summed E-state index contributed by atoms with van der Waals surface area (Å²) in [5.74, 6) is 0.826. The summed E-state index contributed by atoms with van der Waals surface area (Å²) in [6, 6.07) is 21.9. The Kier molecular flexibility index (Phi) is 5.46. The van der Waals surface area contributed by atoms with Crippen molar-refractivity contribution >= 4 is 21.7 Å². The summed E-state index contributed by atoms with van der Waals surface area (Å²) in [5.41, 5.74) is 2.01. The number of para-hydroxylation sites is 1. The monoisotopic (exact) mass is 423 g/mol. The summed E-state index contributed by atoms with van der Waals surface area (Å²) in [6.07, 6.45) is 1.27. The van der Waals surface area contributed by atoms with E-state index in [0.717, 1.165) is 16.9 Å². The van der Waals surface area contributed by atoms with Gasteiger partial charge in [0.05, 0.1) is 23.6 Å². The Balaban J connectivity index is 1.60. The lowest BCUT2D eigenvalue weighted by atomic mass is 10.0. The lowest BCUT2D eigenvalue weighted by Gasteiger charge is -2.13. The molecule has 6 nitrogen and oxygen atoms in total. The van der Waals surface area contributed by atoms with Crippen molar-refractivity contribution in [3.8, 4) is 22.6 Å². The standard InChI is InChI=1S/C23H21NO5S/c1-28-23(25)21-15-17(9-14-22(21)24-30(26,27)20-12-13-20)16-7-10-19(11-8-16)29-18-5-3-2-4-6-18/h2-11,14-15,20,24H,12-13H2,1H3. The molecule has 0 atom stereocenters. The predicted molar refractivity (Wildman–Crippen MR) is 115 cm³/mol. The van der Waals surface area contributed by atoms with Crippen LogP contribution in [0.3, 0.4) is 0 Å². The fourth-order valence-electron chi connectivity index (χ4n) is 3.05. The number of hydrogen-bond acceptors (Lipinski definition) is 5. The van der Waals surface area contributed by atoms with Gasteiger partial charge in [-0.3, -0.25) is 4.72 Å². The van der Waals surface area contributed by atoms with Crippen molar-refractivity contribution in [3.63, 3.8) is 0 Å². The number of carbonyl (C=O) groups excluding carboxylic acids is 1. The summed E-state index contributed by atoms with van der Waals surface area (Å²) in [6.45, 7) is 0. The number of hydrogen-bond donors (Lipinski definition) is 1. The number of rotatable bonds is 7. The van der Waals surface area contributed by atoms with Gasteiger partial charge in [-0.25, -0.2) is 13.2 Å². The molecule has 0 heterocycles. The van der Waals surface area contributed by atoms with Gasteiger partial charge in [-0.15, -0.1) is 0 Å². The van der Waals surface area contributed by atoms with E-state index in [0.29, 0.717) is 18.6 Å². The summed E-state index contributed by atoms with van der Waals surface area (Å²) < 4.78 is 37.8. The maximum Gasteiger partial charge on any atom is 0.340 e. The first-order chi connectivity index (χ1) is 14.5. The van der Waals surface area contributed by atoms with E-state index in [1.54, 1.807) is 18.2 Å². The molecule has 0 unspecified atom stereocenters. The van der Waals surface area contributed by atoms with Crippen LogP contribution in [0.4, 0.5) is 5.69 Å². The maximum atomic E-state index is 12.3. The van der Waals surface area contributed by atoms with Crippen LogP contribution < -0.4 is 9.46 Å². The fourth-order valence-corrected chi connectivity index (χ4v) is 4.45. The normalized spacial score (nSPS) is 13.5. The number of sulfonamides is 1. The Bertz CT molecular complexity index is 1150. The lowest BCUT2D eigenvalue weighted by Crippen LogP contribution is -2.19. The van der Waals surface area contributed by atoms with Gasteiger partial charge in [0.1, 0.15) is 11.5 Å². The van der Waals surface area contributed by atoms with Crippen LogP contribution in [-0.2, 0) is 14.8 Å². The molecular weight excluding hydrogens is 402 g/mol. The Hall–Kier alpha value is -3.32. The second kappa shape index (κ2) is 8.20. The fraction of sp³-hybridized carbons (Fsp3) is 0.174. The van der Waals surface area contributed by atoms with Gasteiger partial charge in [0, 0.05) is 0 Å². The van der Waals surface area contributed by atoms with Crippen LogP contribution in [0.2, 0.25) is 0 Å². The minimum atomic E-state index is -3.49. The first-order valence-corrected chi connectivity index (χ1v) is 11.1. The van der Waals surface area contributed by atoms with Crippen LogP contribution in [-0.4, -0.2) is 26.7 Å². The molecule has 0 radical (unpaired) electrons. The number of esters is 1. The van der Waals surface area contributed by atoms with Crippen LogP contribution in [0.1, 0.15) is 23.2 Å². The van der Waals surface area contributed by atoms with Crippen molar-refractivity contribution in [1.82, 2.24) is 0 Å². The van der Waals surface area contributed by atoms with E-state index in [2.05, 4.69) is 4.72 Å². The third-order valence-corrected chi connectivity index (χ3v) is 6.66. The van der Waals surface area contributed by atoms with Gasteiger partial charge < -0.3 is 9.47 Å². The molecule has 1 saturated carbocycles. The molecule has 4 rings (SSSR count). The van der Waals surface area contributed by atoms with E-state index in [1.165, 1.54) is 7.11 Å². The zero-order valence-corrected chi connectivity index (χ0v) is 17.2. The van der Waals surface area contributed by atoms with Crippen LogP contribution >= 0.6 is 0 Å². The zero-order chi connectivity index (χ0) is 21.1. The van der Waals surface area contributed by atoms with Gasteiger partial charge in [-0.05, 0) is 60.4 Å². The van der Waals surface area contributed by atoms with Crippen molar-refractivity contribution in [2.75, 3.05) is 11.8 Å². The number of anilines is 1. The Labute approximate surface area is 175 Å². The molecule has 0 amide bonds. The highest BCUT2D eigenvalue weighted by atomic mass is 32.2. The average Bonchev–Trinajstić information content (AvgIpc) is 3.61. The number of carbonyl (C=O) groups is 1. The molecule has 0 aliphatic heterocycles. The Morgan fingerprint density at radius 2 is 1.53 bits per heavy atom. The number of nitrogens with one attached hydrogen (secondary N) is 1. The van der Waals surface area contributed by atoms with Crippen molar-refractivity contribution in [3.05, 3.63) is 78.4 Å². The zero-order valence-electron chi connectivity index (χ0n) is 16.4. The highest BCUT2D eigenvalue weighted by molar-refractivity contribution is 7.93. The summed E-state index contributed by atoms with van der Waals surface area (Å²) in [5, 5.41) is -0.389. The number of ether oxygens (including phenoxy) is 2. The molecule has 154 valence electrons. The minimum absolute atomic E-state index is 0.170. The van der Waals surface area contributed by atoms with Gasteiger partial charge in [0.15, 0.2) is 0 Å². The smallest absolute Gasteiger partial charge is 0.340 e. The average molecular weight is 423 g/mol. The first-order valence-electron chi connectivity index (χ1n) is 9.53. The largest absolute Gasteiger partial charge is 0.465 e. The van der Waals surface area contributed by atoms with E-state index >= 15 is 0 Å². The summed E-state index contributed by atoms with van der Waals surface area (Å²) in [7, 11) is -2.22. The summed E-state index contributed by atoms with van der Waals surface area (Å²) >= 11 is 0. The molecule has 3 aromatic carbocycles. The second-order valence-corrected chi connectivity index (χ2v) is 9.00. The molecule has 3 aromatic rings. The van der Waals surface area contributed by atoms with Crippen LogP contribution in [0.15, 0.2) is 72.8 Å². The van der Waals surface area contributed by atoms with E-state index < -0.39 is 16.0 Å². The van der Waals surface area contributed by atoms with Crippen molar-refractivity contribution < 1.29 is 22.7 Å². The van der Waals surface area contributed by atoms with Crippen molar-refractivity contribution in [2.45, 2.75) is 18.1 Å². The molecule has 30 heavy (non-hydrogen) atoms. The molecule has 1 aliphatic rings. The quantitative estimate of drug-likeness (QED) is 0.550. The molecule has 0 saturated heterocycles. The van der Waals surface area contributed by atoms with Gasteiger partial charge in [0.2, 0.25) is 10.0 Å². The van der Waals surface area contributed by atoms with Gasteiger partial charge in [-0.2, -0.15) is 0 Å². The molecule has 1 aliphatic carbocycles. The molecular formula is C23H21NO5S. The third-order valence-electron chi connectivity index (χ3n) is 4.81. The second-order valence-electron chi connectivity index (χ2n) is 7.04. The Morgan fingerprint density at radius 1 is 0.900 bits per heavy atom. The highest BCUT2D eigenvalue weighted by Gasteiger charge is 2.36. The van der Waals surface area contributed by atoms with Crippen LogP contribution in [0, 0.1) is 0 Å². The SMILES string of the molecule is COC(=O)c1cc(-c2ccc(Oc3ccccc3)cc2)ccc1NS(=O)(=O)C1CC1. The number of methoxy groups -OCH3 is 1.